The van der Waals surface area contributed by atoms with Gasteiger partial charge >= 0.3 is 0 Å². The van der Waals surface area contributed by atoms with Crippen molar-refractivity contribution in [2.75, 3.05) is 18.5 Å². The third kappa shape index (κ3) is 3.91. The molecule has 0 aromatic heterocycles. The van der Waals surface area contributed by atoms with Crippen LogP contribution < -0.4 is 0 Å². The molecule has 1 rings (SSSR count). The number of hydrogen-bond donors (Lipinski definition) is 0. The normalized spacial score (nSPS) is 10.7. The Labute approximate surface area is 83.1 Å². The van der Waals surface area contributed by atoms with E-state index in [-0.39, 0.29) is 0 Å². The topological polar surface area (TPSA) is 0 Å². The van der Waals surface area contributed by atoms with Crippen LogP contribution in [0.5, 0.6) is 0 Å². The van der Waals surface area contributed by atoms with Gasteiger partial charge in [0.15, 0.2) is 0 Å². The van der Waals surface area contributed by atoms with Crippen LogP contribution in [-0.4, -0.2) is 18.5 Å². The molecule has 13 heavy (non-hydrogen) atoms. The second-order valence-electron chi connectivity index (χ2n) is 3.19. The van der Waals surface area contributed by atoms with Gasteiger partial charge in [0.1, 0.15) is 0 Å². The summed E-state index contributed by atoms with van der Waals surface area (Å²) in [6.07, 6.45) is 5.41. The maximum absolute atomic E-state index is 3.05. The van der Waals surface area contributed by atoms with Crippen molar-refractivity contribution in [2.24, 2.45) is 0 Å². The third-order valence-electron chi connectivity index (χ3n) is 2.40. The Balaban J connectivity index is 2.34. The van der Waals surface area contributed by atoms with Crippen molar-refractivity contribution in [3.05, 3.63) is 35.9 Å². The molecule has 1 heteroatoms. The van der Waals surface area contributed by atoms with Crippen LogP contribution in [0.4, 0.5) is 0 Å². The van der Waals surface area contributed by atoms with E-state index in [1.807, 2.05) is 12.1 Å². The van der Waals surface area contributed by atoms with E-state index in [0.29, 0.717) is 7.92 Å². The van der Waals surface area contributed by atoms with Gasteiger partial charge in [-0.1, -0.05) is 38.1 Å². The van der Waals surface area contributed by atoms with Crippen LogP contribution in [-0.2, 0) is 6.42 Å². The monoisotopic (exact) mass is 193 g/mol. The fourth-order valence-corrected chi connectivity index (χ4v) is 3.07. The number of benzene rings is 1. The van der Waals surface area contributed by atoms with Gasteiger partial charge in [0, 0.05) is 0 Å². The quantitative estimate of drug-likeness (QED) is 0.627. The first-order valence-electron chi connectivity index (χ1n) is 5.04. The van der Waals surface area contributed by atoms with E-state index >= 15 is 0 Å². The fraction of sp³-hybridized carbons (Fsp3) is 0.500. The molecule has 0 spiro atoms. The molecule has 0 aliphatic carbocycles. The Morgan fingerprint density at radius 3 is 2.31 bits per heavy atom. The van der Waals surface area contributed by atoms with E-state index in [1.165, 1.54) is 30.5 Å². The lowest BCUT2D eigenvalue weighted by Gasteiger charge is -2.12. The van der Waals surface area contributed by atoms with Crippen LogP contribution in [0.3, 0.4) is 0 Å². The van der Waals surface area contributed by atoms with Crippen LogP contribution in [0.2, 0.25) is 0 Å². The number of hydrogen-bond acceptors (Lipinski definition) is 0. The van der Waals surface area contributed by atoms with Crippen molar-refractivity contribution in [2.45, 2.75) is 20.3 Å². The summed E-state index contributed by atoms with van der Waals surface area (Å²) in [6, 6.07) is 11.4. The molecule has 0 fully saturated rings. The molecule has 0 bridgehead atoms. The molecule has 1 radical (unpaired) electrons. The molecule has 0 saturated heterocycles. The van der Waals surface area contributed by atoms with E-state index < -0.39 is 0 Å². The summed E-state index contributed by atoms with van der Waals surface area (Å²) in [5.74, 6) is 0. The maximum atomic E-state index is 3.05. The lowest BCUT2D eigenvalue weighted by atomic mass is 10.2. The summed E-state index contributed by atoms with van der Waals surface area (Å²) in [5.41, 5.74) is 1.47. The molecule has 0 aliphatic heterocycles. The molecule has 0 unspecified atom stereocenters. The first kappa shape index (κ1) is 10.7. The van der Waals surface area contributed by atoms with Gasteiger partial charge in [0.05, 0.1) is 0 Å². The van der Waals surface area contributed by atoms with Crippen molar-refractivity contribution in [3.8, 4) is 0 Å². The van der Waals surface area contributed by atoms with Crippen LogP contribution in [0, 0.1) is 6.07 Å². The molecule has 71 valence electrons. The van der Waals surface area contributed by atoms with Crippen LogP contribution in [0.1, 0.15) is 19.4 Å². The van der Waals surface area contributed by atoms with Gasteiger partial charge < -0.3 is 0 Å². The number of rotatable bonds is 5. The molecular formula is C12H18P. The van der Waals surface area contributed by atoms with Crippen molar-refractivity contribution in [1.82, 2.24) is 0 Å². The molecule has 0 amide bonds. The Morgan fingerprint density at radius 1 is 1.15 bits per heavy atom. The van der Waals surface area contributed by atoms with E-state index in [1.54, 1.807) is 0 Å². The van der Waals surface area contributed by atoms with Gasteiger partial charge in [-0.2, -0.15) is 0 Å². The van der Waals surface area contributed by atoms with Crippen LogP contribution in [0.25, 0.3) is 0 Å². The van der Waals surface area contributed by atoms with Gasteiger partial charge in [-0.05, 0) is 36.5 Å². The SMILES string of the molecule is CCP(CC)CCc1cc[c]cc1. The molecule has 0 nitrogen and oxygen atoms in total. The summed E-state index contributed by atoms with van der Waals surface area (Å²) in [7, 11) is 0.310. The lowest BCUT2D eigenvalue weighted by molar-refractivity contribution is 1.13. The van der Waals surface area contributed by atoms with Crippen molar-refractivity contribution in [1.29, 1.82) is 0 Å². The molecule has 0 atom stereocenters. The average Bonchev–Trinajstić information content (AvgIpc) is 2.21. The van der Waals surface area contributed by atoms with Gasteiger partial charge in [-0.25, -0.2) is 0 Å². The zero-order valence-corrected chi connectivity index (χ0v) is 9.48. The Kier molecular flexibility index (Phi) is 5.08. The molecule has 0 heterocycles. The first-order valence-corrected chi connectivity index (χ1v) is 6.94. The molecule has 1 aromatic carbocycles. The largest absolute Gasteiger partial charge is 0.107 e. The van der Waals surface area contributed by atoms with Gasteiger partial charge in [-0.15, -0.1) is 7.92 Å². The van der Waals surface area contributed by atoms with E-state index in [9.17, 15) is 0 Å². The summed E-state index contributed by atoms with van der Waals surface area (Å²) < 4.78 is 0. The van der Waals surface area contributed by atoms with E-state index in [4.69, 9.17) is 0 Å². The molecule has 0 saturated carbocycles. The number of aryl methyl sites for hydroxylation is 1. The predicted octanol–water partition coefficient (Wildman–Crippen LogP) is 3.55. The Morgan fingerprint density at radius 2 is 1.77 bits per heavy atom. The van der Waals surface area contributed by atoms with E-state index in [0.717, 1.165) is 0 Å². The highest BCUT2D eigenvalue weighted by molar-refractivity contribution is 7.57. The Hall–Kier alpha value is -0.350. The zero-order valence-electron chi connectivity index (χ0n) is 8.59. The highest BCUT2D eigenvalue weighted by atomic mass is 31.1. The fourth-order valence-electron chi connectivity index (χ4n) is 1.42. The van der Waals surface area contributed by atoms with Gasteiger partial charge in [-0.3, -0.25) is 0 Å². The van der Waals surface area contributed by atoms with Gasteiger partial charge in [0.25, 0.3) is 0 Å². The lowest BCUT2D eigenvalue weighted by Crippen LogP contribution is -1.94. The minimum absolute atomic E-state index is 0.310. The van der Waals surface area contributed by atoms with Crippen molar-refractivity contribution >= 4 is 7.92 Å². The minimum Gasteiger partial charge on any atom is -0.107 e. The van der Waals surface area contributed by atoms with Crippen LogP contribution >= 0.6 is 7.92 Å². The summed E-state index contributed by atoms with van der Waals surface area (Å²) in [5, 5.41) is 0. The molecular weight excluding hydrogens is 175 g/mol. The highest BCUT2D eigenvalue weighted by Gasteiger charge is 2.01. The van der Waals surface area contributed by atoms with Crippen molar-refractivity contribution in [3.63, 3.8) is 0 Å². The average molecular weight is 193 g/mol. The predicted molar refractivity (Wildman–Crippen MR) is 61.9 cm³/mol. The molecule has 0 N–H and O–H groups in total. The Bertz CT molecular complexity index is 214. The maximum Gasteiger partial charge on any atom is -0.0184 e. The third-order valence-corrected chi connectivity index (χ3v) is 5.04. The minimum atomic E-state index is 0.310. The summed E-state index contributed by atoms with van der Waals surface area (Å²) >= 11 is 0. The highest BCUT2D eigenvalue weighted by Crippen LogP contribution is 2.34. The van der Waals surface area contributed by atoms with Crippen LogP contribution in [0.15, 0.2) is 24.3 Å². The summed E-state index contributed by atoms with van der Waals surface area (Å²) in [6.45, 7) is 4.63. The van der Waals surface area contributed by atoms with Gasteiger partial charge in [0.2, 0.25) is 0 Å². The van der Waals surface area contributed by atoms with E-state index in [2.05, 4.69) is 32.0 Å². The van der Waals surface area contributed by atoms with Crippen molar-refractivity contribution < 1.29 is 0 Å². The molecule has 0 aliphatic rings. The summed E-state index contributed by atoms with van der Waals surface area (Å²) in [4.78, 5) is 0. The second kappa shape index (κ2) is 6.16. The molecule has 1 aromatic rings. The second-order valence-corrected chi connectivity index (χ2v) is 6.24. The smallest absolute Gasteiger partial charge is 0.0184 e. The standard InChI is InChI=1S/C12H18P/c1-3-13(4-2)11-10-12-8-6-5-7-9-12/h6-9H,3-4,10-11H2,1-2H3. The first-order chi connectivity index (χ1) is 6.36. The zero-order chi connectivity index (χ0) is 9.52.